The maximum atomic E-state index is 13.3. The molecule has 9 heteroatoms. The molecule has 0 spiro atoms. The molecule has 0 saturated heterocycles. The number of aromatic amines is 1. The Morgan fingerprint density at radius 1 is 1.06 bits per heavy atom. The highest BCUT2D eigenvalue weighted by molar-refractivity contribution is 5.88. The molecular weight excluding hydrogens is 406 g/mol. The second-order valence-corrected chi connectivity index (χ2v) is 7.72. The molecule has 0 bridgehead atoms. The molecular formula is C23H22N7O2+. The monoisotopic (exact) mass is 428 g/mol. The summed E-state index contributed by atoms with van der Waals surface area (Å²) >= 11 is 0. The van der Waals surface area contributed by atoms with Crippen molar-refractivity contribution in [2.75, 3.05) is 5.73 Å². The van der Waals surface area contributed by atoms with E-state index in [0.29, 0.717) is 22.8 Å². The minimum Gasteiger partial charge on any atom is -0.448 e. The van der Waals surface area contributed by atoms with E-state index in [1.165, 1.54) is 15.5 Å². The van der Waals surface area contributed by atoms with Gasteiger partial charge in [-0.3, -0.25) is 4.98 Å². The minimum absolute atomic E-state index is 0.0991. The van der Waals surface area contributed by atoms with Crippen LogP contribution < -0.4 is 15.8 Å². The van der Waals surface area contributed by atoms with Crippen molar-refractivity contribution in [3.8, 4) is 22.4 Å². The third-order valence-corrected chi connectivity index (χ3v) is 5.39. The summed E-state index contributed by atoms with van der Waals surface area (Å²) in [5.41, 5.74) is 12.1. The number of rotatable bonds is 4. The zero-order valence-electron chi connectivity index (χ0n) is 18.0. The van der Waals surface area contributed by atoms with Gasteiger partial charge in [-0.1, -0.05) is 30.3 Å². The molecule has 3 N–H and O–H groups in total. The number of benzene rings is 1. The molecule has 4 heterocycles. The number of nitrogens with one attached hydrogen (secondary N) is 1. The van der Waals surface area contributed by atoms with Gasteiger partial charge >= 0.3 is 11.6 Å². The summed E-state index contributed by atoms with van der Waals surface area (Å²) in [6.07, 6.45) is 1.36. The normalized spacial score (nSPS) is 11.3. The van der Waals surface area contributed by atoms with Gasteiger partial charge in [-0.05, 0) is 38.5 Å². The number of nitrogen functional groups attached to an aromatic ring is 1. The number of anilines is 1. The van der Waals surface area contributed by atoms with Crippen LogP contribution in [0.4, 0.5) is 5.95 Å². The number of aromatic nitrogens is 6. The molecule has 0 fully saturated rings. The standard InChI is InChI=1S/C23H21N7O2/c1-13-9-17(10-14(2)26-13)19-20(16-7-5-4-6-8-16)27-22(24)30-21(19)28-29(23(30)31)11-18-15(3)32-12-25-18/h4-10,12H,11H2,1-3H3,(H2,24,26,27,28)/p+1. The lowest BCUT2D eigenvalue weighted by atomic mass is 9.99. The lowest BCUT2D eigenvalue weighted by Crippen LogP contribution is -2.44. The Morgan fingerprint density at radius 2 is 1.78 bits per heavy atom. The average Bonchev–Trinajstić information content (AvgIpc) is 3.31. The van der Waals surface area contributed by atoms with Gasteiger partial charge in [-0.2, -0.15) is 4.68 Å². The fourth-order valence-electron chi connectivity index (χ4n) is 3.95. The highest BCUT2D eigenvalue weighted by atomic mass is 16.3. The van der Waals surface area contributed by atoms with Crippen molar-refractivity contribution in [3.63, 3.8) is 0 Å². The molecule has 0 atom stereocenters. The van der Waals surface area contributed by atoms with Gasteiger partial charge in [0.05, 0.1) is 5.56 Å². The maximum Gasteiger partial charge on any atom is 0.428 e. The van der Waals surface area contributed by atoms with Gasteiger partial charge in [0.1, 0.15) is 23.7 Å². The van der Waals surface area contributed by atoms with E-state index >= 15 is 0 Å². The summed E-state index contributed by atoms with van der Waals surface area (Å²) in [5, 5.41) is 3.23. The topological polar surface area (TPSA) is 120 Å². The number of aryl methyl sites for hydroxylation is 3. The van der Waals surface area contributed by atoms with Crippen molar-refractivity contribution >= 4 is 11.6 Å². The molecule has 0 aliphatic rings. The number of nitrogens with zero attached hydrogens (tertiary/aromatic N) is 5. The SMILES string of the molecule is Cc1cc(-c2c(-c3ccccc3)nc(N)[n+]3c(=O)n(Cc4ncoc4C)[nH]c23)cc(C)n1. The fraction of sp³-hybridized carbons (Fsp3) is 0.174. The fourth-order valence-corrected chi connectivity index (χ4v) is 3.95. The Labute approximate surface area is 183 Å². The van der Waals surface area contributed by atoms with Crippen LogP contribution >= 0.6 is 0 Å². The van der Waals surface area contributed by atoms with E-state index in [2.05, 4.69) is 20.1 Å². The third-order valence-electron chi connectivity index (χ3n) is 5.39. The van der Waals surface area contributed by atoms with Crippen molar-refractivity contribution in [2.45, 2.75) is 27.3 Å². The van der Waals surface area contributed by atoms with Crippen molar-refractivity contribution < 1.29 is 8.82 Å². The number of fused-ring (bicyclic) bond motifs is 1. The number of pyridine rings is 1. The number of hydrogen-bond acceptors (Lipinski definition) is 6. The highest BCUT2D eigenvalue weighted by Crippen LogP contribution is 2.33. The van der Waals surface area contributed by atoms with E-state index in [1.54, 1.807) is 6.92 Å². The van der Waals surface area contributed by atoms with Gasteiger partial charge in [-0.15, -0.1) is 9.38 Å². The van der Waals surface area contributed by atoms with E-state index in [1.807, 2.05) is 56.3 Å². The Bertz CT molecular complexity index is 1490. The molecule has 0 radical (unpaired) electrons. The van der Waals surface area contributed by atoms with Crippen LogP contribution in [0.5, 0.6) is 0 Å². The van der Waals surface area contributed by atoms with Gasteiger partial charge < -0.3 is 10.2 Å². The molecule has 4 aromatic heterocycles. The second-order valence-electron chi connectivity index (χ2n) is 7.72. The Kier molecular flexibility index (Phi) is 4.58. The number of hydrogen-bond donors (Lipinski definition) is 2. The van der Waals surface area contributed by atoms with E-state index in [4.69, 9.17) is 10.2 Å². The van der Waals surface area contributed by atoms with Crippen LogP contribution in [0, 0.1) is 20.8 Å². The van der Waals surface area contributed by atoms with Gasteiger partial charge in [0, 0.05) is 17.0 Å². The van der Waals surface area contributed by atoms with Crippen LogP contribution in [0.15, 0.2) is 58.1 Å². The Hall–Kier alpha value is -4.27. The first-order valence-electron chi connectivity index (χ1n) is 10.2. The molecule has 0 aliphatic heterocycles. The van der Waals surface area contributed by atoms with Crippen molar-refractivity contribution in [3.05, 3.63) is 82.2 Å². The zero-order valence-corrected chi connectivity index (χ0v) is 18.0. The zero-order chi connectivity index (χ0) is 22.4. The van der Waals surface area contributed by atoms with Crippen molar-refractivity contribution in [1.82, 2.24) is 24.7 Å². The summed E-state index contributed by atoms with van der Waals surface area (Å²) in [4.78, 5) is 26.6. The molecule has 32 heavy (non-hydrogen) atoms. The van der Waals surface area contributed by atoms with Gasteiger partial charge in [-0.25, -0.2) is 14.9 Å². The van der Waals surface area contributed by atoms with Gasteiger partial charge in [0.2, 0.25) is 5.65 Å². The molecule has 0 amide bonds. The molecule has 5 rings (SSSR count). The smallest absolute Gasteiger partial charge is 0.428 e. The summed E-state index contributed by atoms with van der Waals surface area (Å²) in [6, 6.07) is 13.7. The molecule has 160 valence electrons. The van der Waals surface area contributed by atoms with Gasteiger partial charge in [0.25, 0.3) is 0 Å². The van der Waals surface area contributed by atoms with Crippen molar-refractivity contribution in [1.29, 1.82) is 0 Å². The summed E-state index contributed by atoms with van der Waals surface area (Å²) in [7, 11) is 0. The molecule has 0 aliphatic carbocycles. The van der Waals surface area contributed by atoms with Crippen LogP contribution in [0.3, 0.4) is 0 Å². The second kappa shape index (κ2) is 7.45. The lowest BCUT2D eigenvalue weighted by Gasteiger charge is -2.10. The summed E-state index contributed by atoms with van der Waals surface area (Å²) in [6.45, 7) is 5.90. The Balaban J connectivity index is 1.84. The van der Waals surface area contributed by atoms with Crippen LogP contribution in [0.1, 0.15) is 22.8 Å². The van der Waals surface area contributed by atoms with E-state index in [9.17, 15) is 4.79 Å². The largest absolute Gasteiger partial charge is 0.448 e. The first-order valence-corrected chi connectivity index (χ1v) is 10.2. The molecule has 0 saturated carbocycles. The molecule has 9 nitrogen and oxygen atoms in total. The third kappa shape index (κ3) is 3.24. The molecule has 0 unspecified atom stereocenters. The first kappa shape index (κ1) is 19.7. The van der Waals surface area contributed by atoms with Crippen LogP contribution in [-0.2, 0) is 6.54 Å². The highest BCUT2D eigenvalue weighted by Gasteiger charge is 2.26. The average molecular weight is 428 g/mol. The number of nitrogens with two attached hydrogens (primary N) is 1. The maximum absolute atomic E-state index is 13.3. The van der Waals surface area contributed by atoms with Gasteiger partial charge in [0.15, 0.2) is 6.39 Å². The summed E-state index contributed by atoms with van der Waals surface area (Å²) < 4.78 is 8.13. The van der Waals surface area contributed by atoms with Crippen LogP contribution in [0.2, 0.25) is 0 Å². The number of H-pyrrole nitrogens is 1. The molecule has 5 aromatic rings. The number of oxazole rings is 1. The predicted molar refractivity (Wildman–Crippen MR) is 119 cm³/mol. The van der Waals surface area contributed by atoms with E-state index < -0.39 is 0 Å². The van der Waals surface area contributed by atoms with Crippen LogP contribution in [0.25, 0.3) is 28.0 Å². The minimum atomic E-state index is -0.337. The lowest BCUT2D eigenvalue weighted by molar-refractivity contribution is -0.516. The van der Waals surface area contributed by atoms with E-state index in [-0.39, 0.29) is 18.2 Å². The quantitative estimate of drug-likeness (QED) is 0.425. The Morgan fingerprint density at radius 3 is 2.44 bits per heavy atom. The molecule has 1 aromatic carbocycles. The predicted octanol–water partition coefficient (Wildman–Crippen LogP) is 2.58. The summed E-state index contributed by atoms with van der Waals surface area (Å²) in [5.74, 6) is 0.749. The van der Waals surface area contributed by atoms with E-state index in [0.717, 1.165) is 28.1 Å². The van der Waals surface area contributed by atoms with Crippen LogP contribution in [-0.4, -0.2) is 24.7 Å². The first-order chi connectivity index (χ1) is 15.4. The van der Waals surface area contributed by atoms with Crippen molar-refractivity contribution in [2.24, 2.45) is 0 Å².